The van der Waals surface area contributed by atoms with E-state index in [0.29, 0.717) is 11.1 Å². The third-order valence-corrected chi connectivity index (χ3v) is 4.00. The fourth-order valence-corrected chi connectivity index (χ4v) is 2.75. The number of nitrogens with two attached hydrogens (primary N) is 1. The Morgan fingerprint density at radius 2 is 2.05 bits per heavy atom. The van der Waals surface area contributed by atoms with Gasteiger partial charge < -0.3 is 10.6 Å². The van der Waals surface area contributed by atoms with Crippen molar-refractivity contribution in [1.29, 1.82) is 0 Å². The molecule has 2 unspecified atom stereocenters. The van der Waals surface area contributed by atoms with Gasteiger partial charge in [-0.3, -0.25) is 4.79 Å². The van der Waals surface area contributed by atoms with Crippen LogP contribution in [0, 0.1) is 12.7 Å². The van der Waals surface area contributed by atoms with Crippen molar-refractivity contribution in [3.05, 3.63) is 35.1 Å². The summed E-state index contributed by atoms with van der Waals surface area (Å²) >= 11 is 0. The number of hydrogen-bond acceptors (Lipinski definition) is 2. The van der Waals surface area contributed by atoms with Crippen molar-refractivity contribution in [3.63, 3.8) is 0 Å². The molecular formula is C15H21FN2O. The van der Waals surface area contributed by atoms with Gasteiger partial charge in [0.2, 0.25) is 0 Å². The van der Waals surface area contributed by atoms with E-state index in [4.69, 9.17) is 5.73 Å². The topological polar surface area (TPSA) is 46.3 Å². The zero-order valence-corrected chi connectivity index (χ0v) is 11.5. The summed E-state index contributed by atoms with van der Waals surface area (Å²) in [4.78, 5) is 14.1. The van der Waals surface area contributed by atoms with Crippen molar-refractivity contribution < 1.29 is 9.18 Å². The molecule has 2 atom stereocenters. The molecule has 1 fully saturated rings. The molecule has 0 heterocycles. The van der Waals surface area contributed by atoms with Gasteiger partial charge in [-0.15, -0.1) is 0 Å². The number of hydrogen-bond donors (Lipinski definition) is 1. The first-order chi connectivity index (χ1) is 9.00. The third kappa shape index (κ3) is 2.95. The van der Waals surface area contributed by atoms with Gasteiger partial charge in [0.25, 0.3) is 5.91 Å². The molecule has 4 heteroatoms. The fraction of sp³-hybridized carbons (Fsp3) is 0.533. The van der Waals surface area contributed by atoms with Crippen molar-refractivity contribution in [2.75, 3.05) is 7.05 Å². The molecule has 1 amide bonds. The van der Waals surface area contributed by atoms with Gasteiger partial charge in [0, 0.05) is 24.7 Å². The Kier molecular flexibility index (Phi) is 4.20. The predicted molar refractivity (Wildman–Crippen MR) is 73.5 cm³/mol. The van der Waals surface area contributed by atoms with Crippen molar-refractivity contribution in [2.24, 2.45) is 5.73 Å². The highest BCUT2D eigenvalue weighted by Gasteiger charge is 2.28. The summed E-state index contributed by atoms with van der Waals surface area (Å²) in [5.74, 6) is -0.362. The average molecular weight is 264 g/mol. The molecule has 0 aliphatic heterocycles. The van der Waals surface area contributed by atoms with Gasteiger partial charge in [0.05, 0.1) is 0 Å². The third-order valence-electron chi connectivity index (χ3n) is 4.00. The Hall–Kier alpha value is -1.42. The molecule has 0 radical (unpaired) electrons. The summed E-state index contributed by atoms with van der Waals surface area (Å²) in [7, 11) is 1.79. The Morgan fingerprint density at radius 1 is 1.37 bits per heavy atom. The quantitative estimate of drug-likeness (QED) is 0.892. The van der Waals surface area contributed by atoms with Crippen LogP contribution >= 0.6 is 0 Å². The maximum atomic E-state index is 13.2. The minimum absolute atomic E-state index is 0.0456. The zero-order chi connectivity index (χ0) is 14.0. The van der Waals surface area contributed by atoms with Crippen molar-refractivity contribution in [1.82, 2.24) is 4.90 Å². The first-order valence-corrected chi connectivity index (χ1v) is 6.79. The Bertz CT molecular complexity index is 475. The van der Waals surface area contributed by atoms with Crippen LogP contribution in [0.15, 0.2) is 18.2 Å². The van der Waals surface area contributed by atoms with Gasteiger partial charge >= 0.3 is 0 Å². The van der Waals surface area contributed by atoms with Crippen LogP contribution in [0.5, 0.6) is 0 Å². The first-order valence-electron chi connectivity index (χ1n) is 6.79. The van der Waals surface area contributed by atoms with Gasteiger partial charge in [0.1, 0.15) is 5.82 Å². The second-order valence-electron chi connectivity index (χ2n) is 5.40. The molecule has 0 spiro atoms. The summed E-state index contributed by atoms with van der Waals surface area (Å²) in [5.41, 5.74) is 7.12. The summed E-state index contributed by atoms with van der Waals surface area (Å²) in [6.45, 7) is 1.67. The van der Waals surface area contributed by atoms with Crippen LogP contribution in [0.3, 0.4) is 0 Å². The standard InChI is InChI=1S/C15H21FN2O/c1-10-9-11(7-8-12(10)16)15(19)18(2)14-6-4-3-5-13(14)17/h7-9,13-14H,3-6,17H2,1-2H3. The summed E-state index contributed by atoms with van der Waals surface area (Å²) in [6, 6.07) is 4.62. The molecule has 1 aliphatic rings. The number of halogens is 1. The number of carbonyl (C=O) groups is 1. The van der Waals surface area contributed by atoms with Gasteiger partial charge in [-0.25, -0.2) is 4.39 Å². The molecule has 2 N–H and O–H groups in total. The molecular weight excluding hydrogens is 243 g/mol. The number of benzene rings is 1. The Labute approximate surface area is 113 Å². The number of rotatable bonds is 2. The molecule has 1 saturated carbocycles. The van der Waals surface area contributed by atoms with E-state index in [2.05, 4.69) is 0 Å². The molecule has 19 heavy (non-hydrogen) atoms. The normalized spacial score (nSPS) is 23.2. The van der Waals surface area contributed by atoms with E-state index in [1.54, 1.807) is 24.9 Å². The summed E-state index contributed by atoms with van der Waals surface area (Å²) in [6.07, 6.45) is 4.15. The van der Waals surface area contributed by atoms with E-state index in [0.717, 1.165) is 25.7 Å². The first kappa shape index (κ1) is 14.0. The van der Waals surface area contributed by atoms with E-state index >= 15 is 0 Å². The van der Waals surface area contributed by atoms with Crippen LogP contribution in [0.25, 0.3) is 0 Å². The highest BCUT2D eigenvalue weighted by molar-refractivity contribution is 5.94. The van der Waals surface area contributed by atoms with Crippen LogP contribution in [0.1, 0.15) is 41.6 Å². The highest BCUT2D eigenvalue weighted by atomic mass is 19.1. The second kappa shape index (κ2) is 5.70. The average Bonchev–Trinajstić information content (AvgIpc) is 2.41. The lowest BCUT2D eigenvalue weighted by Crippen LogP contribution is -2.50. The summed E-state index contributed by atoms with van der Waals surface area (Å²) < 4.78 is 13.2. The van der Waals surface area contributed by atoms with Gasteiger partial charge in [-0.05, 0) is 43.5 Å². The van der Waals surface area contributed by atoms with Crippen molar-refractivity contribution in [3.8, 4) is 0 Å². The zero-order valence-electron chi connectivity index (χ0n) is 11.5. The smallest absolute Gasteiger partial charge is 0.253 e. The monoisotopic (exact) mass is 264 g/mol. The van der Waals surface area contributed by atoms with Crippen molar-refractivity contribution in [2.45, 2.75) is 44.7 Å². The van der Waals surface area contributed by atoms with Gasteiger partial charge in [-0.2, -0.15) is 0 Å². The number of carbonyl (C=O) groups excluding carboxylic acids is 1. The minimum Gasteiger partial charge on any atom is -0.337 e. The van der Waals surface area contributed by atoms with E-state index in [9.17, 15) is 9.18 Å². The second-order valence-corrected chi connectivity index (χ2v) is 5.40. The van der Waals surface area contributed by atoms with Crippen LogP contribution in [0.4, 0.5) is 4.39 Å². The molecule has 1 aliphatic carbocycles. The van der Waals surface area contributed by atoms with Crippen LogP contribution < -0.4 is 5.73 Å². The Balaban J connectivity index is 2.15. The number of likely N-dealkylation sites (N-methyl/N-ethyl adjacent to an activating group) is 1. The lowest BCUT2D eigenvalue weighted by atomic mass is 9.89. The van der Waals surface area contributed by atoms with E-state index in [1.165, 1.54) is 12.1 Å². The largest absolute Gasteiger partial charge is 0.337 e. The van der Waals surface area contributed by atoms with E-state index < -0.39 is 0 Å². The molecule has 1 aromatic rings. The number of aryl methyl sites for hydroxylation is 1. The van der Waals surface area contributed by atoms with Crippen LogP contribution in [-0.2, 0) is 0 Å². The molecule has 0 saturated heterocycles. The van der Waals surface area contributed by atoms with Gasteiger partial charge in [-0.1, -0.05) is 12.8 Å². The Morgan fingerprint density at radius 3 is 2.68 bits per heavy atom. The SMILES string of the molecule is Cc1cc(C(=O)N(C)C2CCCCC2N)ccc1F. The maximum absolute atomic E-state index is 13.2. The van der Waals surface area contributed by atoms with Crippen LogP contribution in [0.2, 0.25) is 0 Å². The molecule has 0 bridgehead atoms. The molecule has 104 valence electrons. The lowest BCUT2D eigenvalue weighted by Gasteiger charge is -2.36. The van der Waals surface area contributed by atoms with E-state index in [1.807, 2.05) is 0 Å². The molecule has 3 nitrogen and oxygen atoms in total. The van der Waals surface area contributed by atoms with Crippen molar-refractivity contribution >= 4 is 5.91 Å². The minimum atomic E-state index is -0.284. The fourth-order valence-electron chi connectivity index (χ4n) is 2.75. The number of nitrogens with zero attached hydrogens (tertiary/aromatic N) is 1. The highest BCUT2D eigenvalue weighted by Crippen LogP contribution is 2.22. The molecule has 0 aromatic heterocycles. The van der Waals surface area contributed by atoms with Gasteiger partial charge in [0.15, 0.2) is 0 Å². The maximum Gasteiger partial charge on any atom is 0.253 e. The number of amides is 1. The predicted octanol–water partition coefficient (Wildman–Crippen LogP) is 2.48. The molecule has 2 rings (SSSR count). The van der Waals surface area contributed by atoms with Crippen LogP contribution in [-0.4, -0.2) is 29.9 Å². The lowest BCUT2D eigenvalue weighted by molar-refractivity contribution is 0.0672. The van der Waals surface area contributed by atoms with E-state index in [-0.39, 0.29) is 23.8 Å². The summed E-state index contributed by atoms with van der Waals surface area (Å²) in [5, 5.41) is 0. The molecule has 1 aromatic carbocycles.